The Morgan fingerprint density at radius 2 is 1.63 bits per heavy atom. The largest absolute Gasteiger partial charge is 0.494 e. The lowest BCUT2D eigenvalue weighted by molar-refractivity contribution is 0.102. The fraction of sp³-hybridized carbons (Fsp3) is 0.212. The molecule has 210 valence electrons. The van der Waals surface area contributed by atoms with Crippen LogP contribution in [0.3, 0.4) is 0 Å². The zero-order valence-electron chi connectivity index (χ0n) is 23.3. The van der Waals surface area contributed by atoms with Gasteiger partial charge in [-0.1, -0.05) is 24.3 Å². The Balaban J connectivity index is 1.14. The fourth-order valence-corrected chi connectivity index (χ4v) is 5.91. The van der Waals surface area contributed by atoms with Crippen LogP contribution in [0.4, 0.5) is 5.69 Å². The van der Waals surface area contributed by atoms with E-state index < -0.39 is 0 Å². The third-order valence-corrected chi connectivity index (χ3v) is 8.03. The van der Waals surface area contributed by atoms with Crippen molar-refractivity contribution in [1.29, 1.82) is 0 Å². The molecule has 1 aromatic heterocycles. The molecule has 41 heavy (non-hydrogen) atoms. The first-order chi connectivity index (χ1) is 20.0. The van der Waals surface area contributed by atoms with Gasteiger partial charge in [0.25, 0.3) is 5.91 Å². The molecule has 5 aromatic rings. The van der Waals surface area contributed by atoms with Crippen LogP contribution in [0.1, 0.15) is 22.3 Å². The molecule has 0 saturated carbocycles. The molecule has 8 heteroatoms. The van der Waals surface area contributed by atoms with Gasteiger partial charge in [-0.2, -0.15) is 0 Å². The lowest BCUT2D eigenvalue weighted by atomic mass is 10.1. The molecule has 0 fully saturated rings. The molecule has 1 N–H and O–H groups in total. The molecule has 0 bridgehead atoms. The standard InChI is InChI=1S/C33H32N2O5S/c1-35(21-22-12-17-28(38-2)29(20-22)39-3)18-7-19-40-24-15-13-23(14-16-24)34-33(37)27-10-6-9-26-31(36)25-8-4-5-11-30(25)41-32(26)27/h4-6,8-17,20H,7,18-19,21H2,1-3H3,(H,34,37). The van der Waals surface area contributed by atoms with Gasteiger partial charge in [-0.15, -0.1) is 11.3 Å². The summed E-state index contributed by atoms with van der Waals surface area (Å²) in [6, 6.07) is 26.0. The van der Waals surface area contributed by atoms with Gasteiger partial charge in [0, 0.05) is 34.2 Å². The van der Waals surface area contributed by atoms with E-state index in [0.29, 0.717) is 33.3 Å². The summed E-state index contributed by atoms with van der Waals surface area (Å²) < 4.78 is 18.2. The average molecular weight is 569 g/mol. The number of carbonyl (C=O) groups excluding carboxylic acids is 1. The summed E-state index contributed by atoms with van der Waals surface area (Å²) in [5.41, 5.74) is 2.22. The molecule has 5 rings (SSSR count). The molecule has 1 heterocycles. The van der Waals surface area contributed by atoms with Gasteiger partial charge < -0.3 is 24.4 Å². The van der Waals surface area contributed by atoms with Gasteiger partial charge in [-0.05, 0) is 79.7 Å². The van der Waals surface area contributed by atoms with E-state index in [-0.39, 0.29) is 11.3 Å². The molecule has 0 radical (unpaired) electrons. The second kappa shape index (κ2) is 12.8. The monoisotopic (exact) mass is 568 g/mol. The summed E-state index contributed by atoms with van der Waals surface area (Å²) in [6.07, 6.45) is 0.862. The summed E-state index contributed by atoms with van der Waals surface area (Å²) in [5, 5.41) is 4.18. The Labute approximate surface area is 242 Å². The summed E-state index contributed by atoms with van der Waals surface area (Å²) in [5.74, 6) is 1.93. The van der Waals surface area contributed by atoms with E-state index in [1.165, 1.54) is 11.3 Å². The van der Waals surface area contributed by atoms with Gasteiger partial charge in [0.05, 0.1) is 31.1 Å². The van der Waals surface area contributed by atoms with E-state index in [1.807, 2.05) is 66.7 Å². The number of nitrogens with one attached hydrogen (secondary N) is 1. The quantitative estimate of drug-likeness (QED) is 0.143. The van der Waals surface area contributed by atoms with Crippen molar-refractivity contribution in [3.63, 3.8) is 0 Å². The number of hydrogen-bond acceptors (Lipinski definition) is 7. The van der Waals surface area contributed by atoms with E-state index in [0.717, 1.165) is 47.0 Å². The van der Waals surface area contributed by atoms with E-state index in [9.17, 15) is 9.59 Å². The number of methoxy groups -OCH3 is 2. The lowest BCUT2D eigenvalue weighted by Crippen LogP contribution is -2.20. The van der Waals surface area contributed by atoms with Crippen LogP contribution in [-0.4, -0.2) is 45.2 Å². The Hall–Kier alpha value is -4.40. The van der Waals surface area contributed by atoms with Crippen LogP contribution in [0, 0.1) is 0 Å². The predicted octanol–water partition coefficient (Wildman–Crippen LogP) is 6.59. The molecule has 0 unspecified atom stereocenters. The van der Waals surface area contributed by atoms with Gasteiger partial charge in [0.2, 0.25) is 0 Å². The summed E-state index contributed by atoms with van der Waals surface area (Å²) >= 11 is 1.45. The van der Waals surface area contributed by atoms with Crippen LogP contribution in [0.15, 0.2) is 89.7 Å². The van der Waals surface area contributed by atoms with Crippen LogP contribution in [0.5, 0.6) is 17.2 Å². The second-order valence-corrected chi connectivity index (χ2v) is 10.8. The molecule has 0 spiro atoms. The number of rotatable bonds is 11. The summed E-state index contributed by atoms with van der Waals surface area (Å²) in [6.45, 7) is 2.23. The first-order valence-corrected chi connectivity index (χ1v) is 14.2. The Bertz CT molecular complexity index is 1730. The first kappa shape index (κ1) is 28.1. The molecule has 0 aliphatic carbocycles. The maximum absolute atomic E-state index is 13.2. The zero-order valence-corrected chi connectivity index (χ0v) is 24.1. The van der Waals surface area contributed by atoms with Crippen molar-refractivity contribution in [2.24, 2.45) is 0 Å². The third-order valence-electron chi connectivity index (χ3n) is 6.81. The van der Waals surface area contributed by atoms with Gasteiger partial charge in [-0.25, -0.2) is 0 Å². The minimum absolute atomic E-state index is 0.0577. The summed E-state index contributed by atoms with van der Waals surface area (Å²) in [7, 11) is 5.35. The maximum atomic E-state index is 13.2. The normalized spacial score (nSPS) is 11.1. The van der Waals surface area contributed by atoms with E-state index in [1.54, 1.807) is 32.4 Å². The Morgan fingerprint density at radius 1 is 0.878 bits per heavy atom. The van der Waals surface area contributed by atoms with E-state index in [2.05, 4.69) is 17.3 Å². The minimum Gasteiger partial charge on any atom is -0.494 e. The predicted molar refractivity (Wildman–Crippen MR) is 166 cm³/mol. The highest BCUT2D eigenvalue weighted by Gasteiger charge is 2.15. The van der Waals surface area contributed by atoms with Crippen LogP contribution in [0.2, 0.25) is 0 Å². The smallest absolute Gasteiger partial charge is 0.257 e. The van der Waals surface area contributed by atoms with Gasteiger partial charge in [0.15, 0.2) is 16.9 Å². The van der Waals surface area contributed by atoms with Crippen LogP contribution >= 0.6 is 11.3 Å². The number of amides is 1. The second-order valence-electron chi connectivity index (χ2n) is 9.72. The molecule has 1 amide bonds. The number of ether oxygens (including phenoxy) is 3. The SMILES string of the molecule is COc1ccc(CN(C)CCCOc2ccc(NC(=O)c3cccc4c(=O)c5ccccc5sc34)cc2)cc1OC. The molecule has 0 saturated heterocycles. The third kappa shape index (κ3) is 6.51. The highest BCUT2D eigenvalue weighted by molar-refractivity contribution is 7.24. The lowest BCUT2D eigenvalue weighted by Gasteiger charge is -2.18. The van der Waals surface area contributed by atoms with Crippen molar-refractivity contribution in [2.75, 3.05) is 39.7 Å². The molecular formula is C33H32N2O5S. The van der Waals surface area contributed by atoms with E-state index in [4.69, 9.17) is 14.2 Å². The number of fused-ring (bicyclic) bond motifs is 2. The molecule has 0 aliphatic heterocycles. The fourth-order valence-electron chi connectivity index (χ4n) is 4.73. The number of carbonyl (C=O) groups is 1. The highest BCUT2D eigenvalue weighted by atomic mass is 32.1. The van der Waals surface area contributed by atoms with Crippen LogP contribution in [0.25, 0.3) is 20.2 Å². The van der Waals surface area contributed by atoms with E-state index >= 15 is 0 Å². The van der Waals surface area contributed by atoms with Gasteiger partial charge in [-0.3, -0.25) is 9.59 Å². The van der Waals surface area contributed by atoms with Gasteiger partial charge >= 0.3 is 0 Å². The highest BCUT2D eigenvalue weighted by Crippen LogP contribution is 2.29. The Kier molecular flexibility index (Phi) is 8.82. The topological polar surface area (TPSA) is 77.1 Å². The van der Waals surface area contributed by atoms with Crippen molar-refractivity contribution in [3.8, 4) is 17.2 Å². The molecule has 0 atom stereocenters. The number of nitrogens with zero attached hydrogens (tertiary/aromatic N) is 1. The van der Waals surface area contributed by atoms with Crippen LogP contribution < -0.4 is 25.0 Å². The van der Waals surface area contributed by atoms with Crippen LogP contribution in [-0.2, 0) is 6.54 Å². The van der Waals surface area contributed by atoms with Gasteiger partial charge in [0.1, 0.15) is 5.75 Å². The number of benzene rings is 4. The van der Waals surface area contributed by atoms with Crippen molar-refractivity contribution in [1.82, 2.24) is 4.90 Å². The van der Waals surface area contributed by atoms with Crippen molar-refractivity contribution < 1.29 is 19.0 Å². The van der Waals surface area contributed by atoms with Crippen molar-refractivity contribution in [3.05, 3.63) is 106 Å². The minimum atomic E-state index is -0.257. The summed E-state index contributed by atoms with van der Waals surface area (Å²) in [4.78, 5) is 28.4. The van der Waals surface area contributed by atoms with Crippen molar-refractivity contribution in [2.45, 2.75) is 13.0 Å². The average Bonchev–Trinajstić information content (AvgIpc) is 3.00. The Morgan fingerprint density at radius 3 is 2.41 bits per heavy atom. The molecule has 7 nitrogen and oxygen atoms in total. The maximum Gasteiger partial charge on any atom is 0.257 e. The zero-order chi connectivity index (χ0) is 28.8. The first-order valence-electron chi connectivity index (χ1n) is 13.3. The molecular weight excluding hydrogens is 536 g/mol. The molecule has 0 aliphatic rings. The molecule has 4 aromatic carbocycles. The number of anilines is 1. The number of hydrogen-bond donors (Lipinski definition) is 1. The van der Waals surface area contributed by atoms with Crippen molar-refractivity contribution >= 4 is 43.1 Å².